The zero-order chi connectivity index (χ0) is 20.6. The van der Waals surface area contributed by atoms with E-state index in [-0.39, 0.29) is 11.8 Å². The number of unbranched alkanes of at least 4 members (excludes halogenated alkanes) is 2. The maximum atomic E-state index is 12.5. The number of hydrogen-bond acceptors (Lipinski definition) is 3. The highest BCUT2D eigenvalue weighted by molar-refractivity contribution is 6.31. The largest absolute Gasteiger partial charge is 0.352 e. The molecular formula is C22H25ClN4O2. The van der Waals surface area contributed by atoms with Gasteiger partial charge in [0.15, 0.2) is 0 Å². The van der Waals surface area contributed by atoms with E-state index < -0.39 is 0 Å². The van der Waals surface area contributed by atoms with Crippen LogP contribution in [-0.4, -0.2) is 27.7 Å². The van der Waals surface area contributed by atoms with Gasteiger partial charge in [-0.1, -0.05) is 42.3 Å². The van der Waals surface area contributed by atoms with Gasteiger partial charge in [-0.2, -0.15) is 0 Å². The number of carbonyl (C=O) groups excluding carboxylic acids is 2. The van der Waals surface area contributed by atoms with E-state index in [1.807, 2.05) is 55.6 Å². The minimum absolute atomic E-state index is 0.00955. The van der Waals surface area contributed by atoms with Crippen LogP contribution in [0, 0.1) is 6.92 Å². The van der Waals surface area contributed by atoms with Crippen LogP contribution in [0.1, 0.15) is 47.4 Å². The Morgan fingerprint density at radius 3 is 2.66 bits per heavy atom. The molecular weight excluding hydrogens is 388 g/mol. The SMILES string of the molecule is Cc1nc2ccccn2c1C(=O)NCCCCCC(=O)NCc1ccccc1Cl. The molecule has 0 unspecified atom stereocenters. The molecule has 7 heteroatoms. The van der Waals surface area contributed by atoms with Crippen LogP contribution < -0.4 is 10.6 Å². The van der Waals surface area contributed by atoms with E-state index in [4.69, 9.17) is 11.6 Å². The maximum absolute atomic E-state index is 12.5. The third kappa shape index (κ3) is 5.57. The Hall–Kier alpha value is -2.86. The predicted octanol–water partition coefficient (Wildman–Crippen LogP) is 3.90. The number of carbonyl (C=O) groups is 2. The molecule has 152 valence electrons. The Morgan fingerprint density at radius 1 is 1.03 bits per heavy atom. The highest BCUT2D eigenvalue weighted by Gasteiger charge is 2.15. The summed E-state index contributed by atoms with van der Waals surface area (Å²) >= 11 is 6.08. The average Bonchev–Trinajstić information content (AvgIpc) is 3.05. The smallest absolute Gasteiger partial charge is 0.270 e. The zero-order valence-electron chi connectivity index (χ0n) is 16.5. The first kappa shape index (κ1) is 20.9. The molecule has 2 heterocycles. The number of aromatic nitrogens is 2. The molecule has 0 fully saturated rings. The maximum Gasteiger partial charge on any atom is 0.270 e. The number of aryl methyl sites for hydroxylation is 1. The van der Waals surface area contributed by atoms with Gasteiger partial charge in [0.1, 0.15) is 11.3 Å². The number of imidazole rings is 1. The van der Waals surface area contributed by atoms with Gasteiger partial charge >= 0.3 is 0 Å². The molecule has 0 saturated carbocycles. The monoisotopic (exact) mass is 412 g/mol. The second-order valence-electron chi connectivity index (χ2n) is 6.91. The Labute approximate surface area is 175 Å². The first-order valence-corrected chi connectivity index (χ1v) is 10.2. The predicted molar refractivity (Wildman–Crippen MR) is 114 cm³/mol. The second kappa shape index (κ2) is 10.1. The highest BCUT2D eigenvalue weighted by atomic mass is 35.5. The van der Waals surface area contributed by atoms with Crippen molar-refractivity contribution in [1.29, 1.82) is 0 Å². The normalized spacial score (nSPS) is 10.8. The molecule has 2 amide bonds. The first-order chi connectivity index (χ1) is 14.1. The first-order valence-electron chi connectivity index (χ1n) is 9.78. The molecule has 0 bridgehead atoms. The molecule has 6 nitrogen and oxygen atoms in total. The second-order valence-corrected chi connectivity index (χ2v) is 7.32. The van der Waals surface area contributed by atoms with Crippen LogP contribution in [0.4, 0.5) is 0 Å². The summed E-state index contributed by atoms with van der Waals surface area (Å²) in [4.78, 5) is 28.8. The van der Waals surface area contributed by atoms with E-state index in [9.17, 15) is 9.59 Å². The van der Waals surface area contributed by atoms with E-state index in [1.165, 1.54) is 0 Å². The summed E-state index contributed by atoms with van der Waals surface area (Å²) in [6.07, 6.45) is 4.76. The summed E-state index contributed by atoms with van der Waals surface area (Å²) in [6, 6.07) is 13.1. The number of nitrogens with one attached hydrogen (secondary N) is 2. The molecule has 29 heavy (non-hydrogen) atoms. The lowest BCUT2D eigenvalue weighted by molar-refractivity contribution is -0.121. The van der Waals surface area contributed by atoms with E-state index >= 15 is 0 Å². The Balaban J connectivity index is 1.33. The number of amides is 2. The third-order valence-corrected chi connectivity index (χ3v) is 5.09. The van der Waals surface area contributed by atoms with Crippen LogP contribution in [0.5, 0.6) is 0 Å². The van der Waals surface area contributed by atoms with Gasteiger partial charge in [0, 0.05) is 30.7 Å². The average molecular weight is 413 g/mol. The number of benzene rings is 1. The van der Waals surface area contributed by atoms with Gasteiger partial charge < -0.3 is 10.6 Å². The fourth-order valence-electron chi connectivity index (χ4n) is 3.18. The van der Waals surface area contributed by atoms with Crippen molar-refractivity contribution in [3.05, 3.63) is 70.6 Å². The van der Waals surface area contributed by atoms with Gasteiger partial charge in [-0.05, 0) is 43.5 Å². The number of hydrogen-bond donors (Lipinski definition) is 2. The summed E-state index contributed by atoms with van der Waals surface area (Å²) in [5.41, 5.74) is 2.95. The quantitative estimate of drug-likeness (QED) is 0.523. The lowest BCUT2D eigenvalue weighted by atomic mass is 10.1. The van der Waals surface area contributed by atoms with Crippen LogP contribution in [0.25, 0.3) is 5.65 Å². The molecule has 0 aliphatic heterocycles. The van der Waals surface area contributed by atoms with Crippen molar-refractivity contribution < 1.29 is 9.59 Å². The third-order valence-electron chi connectivity index (χ3n) is 4.72. The Morgan fingerprint density at radius 2 is 1.83 bits per heavy atom. The van der Waals surface area contributed by atoms with E-state index in [0.717, 1.165) is 30.5 Å². The van der Waals surface area contributed by atoms with Crippen molar-refractivity contribution in [3.8, 4) is 0 Å². The summed E-state index contributed by atoms with van der Waals surface area (Å²) in [7, 11) is 0. The number of nitrogens with zero attached hydrogens (tertiary/aromatic N) is 2. The minimum atomic E-state index is -0.126. The van der Waals surface area contributed by atoms with Crippen LogP contribution in [0.15, 0.2) is 48.7 Å². The lowest BCUT2D eigenvalue weighted by Gasteiger charge is -2.08. The molecule has 0 atom stereocenters. The minimum Gasteiger partial charge on any atom is -0.352 e. The molecule has 1 aromatic carbocycles. The highest BCUT2D eigenvalue weighted by Crippen LogP contribution is 2.14. The van der Waals surface area contributed by atoms with E-state index in [0.29, 0.717) is 35.9 Å². The summed E-state index contributed by atoms with van der Waals surface area (Å²) in [6.45, 7) is 2.84. The van der Waals surface area contributed by atoms with Gasteiger partial charge in [0.25, 0.3) is 5.91 Å². The lowest BCUT2D eigenvalue weighted by Crippen LogP contribution is -2.26. The molecule has 0 saturated heterocycles. The Bertz CT molecular complexity index is 999. The molecule has 3 rings (SSSR count). The van der Waals surface area contributed by atoms with Crippen molar-refractivity contribution in [3.63, 3.8) is 0 Å². The summed E-state index contributed by atoms with van der Waals surface area (Å²) in [5.74, 6) is -0.117. The van der Waals surface area contributed by atoms with Crippen molar-refractivity contribution in [2.75, 3.05) is 6.54 Å². The molecule has 0 spiro atoms. The molecule has 3 aromatic rings. The standard InChI is InChI=1S/C22H25ClN4O2/c1-16-21(27-14-8-6-11-19(27)26-16)22(29)24-13-7-2-3-12-20(28)25-15-17-9-4-5-10-18(17)23/h4-6,8-11,14H,2-3,7,12-13,15H2,1H3,(H,24,29)(H,25,28). The van der Waals surface area contributed by atoms with Crippen LogP contribution in [0.3, 0.4) is 0 Å². The number of fused-ring (bicyclic) bond motifs is 1. The van der Waals surface area contributed by atoms with Gasteiger partial charge in [-0.3, -0.25) is 14.0 Å². The van der Waals surface area contributed by atoms with Gasteiger partial charge in [-0.15, -0.1) is 0 Å². The van der Waals surface area contributed by atoms with Crippen molar-refractivity contribution in [2.45, 2.75) is 39.2 Å². The molecule has 0 aliphatic carbocycles. The van der Waals surface area contributed by atoms with Crippen molar-refractivity contribution in [1.82, 2.24) is 20.0 Å². The van der Waals surface area contributed by atoms with Crippen molar-refractivity contribution >= 4 is 29.1 Å². The van der Waals surface area contributed by atoms with E-state index in [2.05, 4.69) is 15.6 Å². The van der Waals surface area contributed by atoms with Crippen LogP contribution in [-0.2, 0) is 11.3 Å². The van der Waals surface area contributed by atoms with Crippen LogP contribution in [0.2, 0.25) is 5.02 Å². The van der Waals surface area contributed by atoms with Crippen LogP contribution >= 0.6 is 11.6 Å². The van der Waals surface area contributed by atoms with Gasteiger partial charge in [0.05, 0.1) is 5.69 Å². The number of halogens is 1. The molecule has 0 radical (unpaired) electrons. The van der Waals surface area contributed by atoms with Crippen molar-refractivity contribution in [2.24, 2.45) is 0 Å². The Kier molecular flexibility index (Phi) is 7.25. The molecule has 0 aliphatic rings. The molecule has 2 aromatic heterocycles. The van der Waals surface area contributed by atoms with Gasteiger partial charge in [0.2, 0.25) is 5.91 Å². The number of rotatable bonds is 9. The summed E-state index contributed by atoms with van der Waals surface area (Å²) < 4.78 is 1.80. The van der Waals surface area contributed by atoms with E-state index in [1.54, 1.807) is 4.40 Å². The molecule has 2 N–H and O–H groups in total. The number of pyridine rings is 1. The fourth-order valence-corrected chi connectivity index (χ4v) is 3.39. The zero-order valence-corrected chi connectivity index (χ0v) is 17.2. The summed E-state index contributed by atoms with van der Waals surface area (Å²) in [5, 5.41) is 6.49. The topological polar surface area (TPSA) is 75.5 Å². The fraction of sp³-hybridized carbons (Fsp3) is 0.318. The van der Waals surface area contributed by atoms with Gasteiger partial charge in [-0.25, -0.2) is 4.98 Å².